The Morgan fingerprint density at radius 3 is 2.73 bits per heavy atom. The van der Waals surface area contributed by atoms with E-state index in [9.17, 15) is 4.79 Å². The van der Waals surface area contributed by atoms with Gasteiger partial charge in [0.15, 0.2) is 5.13 Å². The first-order valence-corrected chi connectivity index (χ1v) is 8.88. The largest absolute Gasteiger partial charge is 0.379 e. The standard InChI is InChI=1S/C15H26N4O2S/c1-3-12(4-2)13(19-6-8-21-9-7-19)11-17-14(20)18-15-16-5-10-22-15/h5,10,12-13H,3-4,6-9,11H2,1-2H3,(H2,16,17,18,20). The number of rotatable bonds is 7. The topological polar surface area (TPSA) is 66.5 Å². The maximum absolute atomic E-state index is 12.0. The van der Waals surface area contributed by atoms with Crippen molar-refractivity contribution >= 4 is 22.5 Å². The molecule has 2 rings (SSSR count). The fraction of sp³-hybridized carbons (Fsp3) is 0.733. The number of nitrogens with one attached hydrogen (secondary N) is 2. The number of amides is 2. The van der Waals surface area contributed by atoms with Crippen molar-refractivity contribution in [3.05, 3.63) is 11.6 Å². The van der Waals surface area contributed by atoms with Crippen molar-refractivity contribution in [2.75, 3.05) is 38.2 Å². The van der Waals surface area contributed by atoms with Crippen LogP contribution in [0.5, 0.6) is 0 Å². The van der Waals surface area contributed by atoms with Crippen molar-refractivity contribution in [1.82, 2.24) is 15.2 Å². The van der Waals surface area contributed by atoms with Gasteiger partial charge in [0.1, 0.15) is 0 Å². The van der Waals surface area contributed by atoms with Gasteiger partial charge in [0.25, 0.3) is 0 Å². The van der Waals surface area contributed by atoms with Crippen LogP contribution in [-0.4, -0.2) is 54.8 Å². The summed E-state index contributed by atoms with van der Waals surface area (Å²) in [5, 5.41) is 8.24. The van der Waals surface area contributed by atoms with Gasteiger partial charge in [-0.3, -0.25) is 10.2 Å². The third-order valence-electron chi connectivity index (χ3n) is 4.23. The molecule has 2 heterocycles. The lowest BCUT2D eigenvalue weighted by molar-refractivity contribution is 0.00247. The van der Waals surface area contributed by atoms with Crippen molar-refractivity contribution in [2.45, 2.75) is 32.7 Å². The molecule has 1 aliphatic heterocycles. The lowest BCUT2D eigenvalue weighted by Crippen LogP contribution is -2.52. The third kappa shape index (κ3) is 4.93. The number of urea groups is 1. The van der Waals surface area contributed by atoms with E-state index in [4.69, 9.17) is 4.74 Å². The molecule has 0 bridgehead atoms. The molecule has 1 aromatic rings. The Kier molecular flexibility index (Phi) is 7.08. The molecule has 0 aliphatic carbocycles. The van der Waals surface area contributed by atoms with Crippen LogP contribution in [0.15, 0.2) is 11.6 Å². The van der Waals surface area contributed by atoms with Crippen molar-refractivity contribution in [3.8, 4) is 0 Å². The van der Waals surface area contributed by atoms with Crippen molar-refractivity contribution < 1.29 is 9.53 Å². The molecule has 0 radical (unpaired) electrons. The van der Waals surface area contributed by atoms with Crippen molar-refractivity contribution in [3.63, 3.8) is 0 Å². The van der Waals surface area contributed by atoms with Gasteiger partial charge in [-0.1, -0.05) is 26.7 Å². The van der Waals surface area contributed by atoms with E-state index in [0.29, 0.717) is 23.6 Å². The van der Waals surface area contributed by atoms with E-state index in [1.54, 1.807) is 6.20 Å². The average molecular weight is 326 g/mol. The van der Waals surface area contributed by atoms with Crippen molar-refractivity contribution in [2.24, 2.45) is 5.92 Å². The van der Waals surface area contributed by atoms with Crippen LogP contribution < -0.4 is 10.6 Å². The predicted molar refractivity (Wildman–Crippen MR) is 89.4 cm³/mol. The van der Waals surface area contributed by atoms with Crippen LogP contribution in [0.2, 0.25) is 0 Å². The van der Waals surface area contributed by atoms with Gasteiger partial charge in [-0.25, -0.2) is 9.78 Å². The first-order valence-electron chi connectivity index (χ1n) is 8.00. The molecule has 2 N–H and O–H groups in total. The van der Waals surface area contributed by atoms with Gasteiger partial charge >= 0.3 is 6.03 Å². The number of hydrogen-bond donors (Lipinski definition) is 2. The fourth-order valence-electron chi connectivity index (χ4n) is 2.96. The minimum Gasteiger partial charge on any atom is -0.379 e. The molecule has 1 unspecified atom stereocenters. The summed E-state index contributed by atoms with van der Waals surface area (Å²) < 4.78 is 5.44. The zero-order valence-electron chi connectivity index (χ0n) is 13.4. The van der Waals surface area contributed by atoms with Crippen LogP contribution >= 0.6 is 11.3 Å². The summed E-state index contributed by atoms with van der Waals surface area (Å²) in [6, 6.07) is 0.181. The fourth-order valence-corrected chi connectivity index (χ4v) is 3.48. The monoisotopic (exact) mass is 326 g/mol. The van der Waals surface area contributed by atoms with Crippen LogP contribution in [0.25, 0.3) is 0 Å². The minimum atomic E-state index is -0.181. The zero-order valence-corrected chi connectivity index (χ0v) is 14.2. The van der Waals surface area contributed by atoms with Gasteiger partial charge < -0.3 is 10.1 Å². The summed E-state index contributed by atoms with van der Waals surface area (Å²) in [6.45, 7) is 8.54. The quantitative estimate of drug-likeness (QED) is 0.807. The Morgan fingerprint density at radius 1 is 1.41 bits per heavy atom. The second kappa shape index (κ2) is 9.07. The summed E-state index contributed by atoms with van der Waals surface area (Å²) in [6.07, 6.45) is 3.92. The molecule has 1 saturated heterocycles. The number of morpholine rings is 1. The summed E-state index contributed by atoms with van der Waals surface area (Å²) in [5.41, 5.74) is 0. The number of anilines is 1. The highest BCUT2D eigenvalue weighted by molar-refractivity contribution is 7.13. The number of nitrogens with zero attached hydrogens (tertiary/aromatic N) is 2. The van der Waals surface area contributed by atoms with Gasteiger partial charge in [-0.15, -0.1) is 11.3 Å². The number of hydrogen-bond acceptors (Lipinski definition) is 5. The number of thiazole rings is 1. The lowest BCUT2D eigenvalue weighted by Gasteiger charge is -2.38. The Hall–Kier alpha value is -1.18. The van der Waals surface area contributed by atoms with E-state index in [2.05, 4.69) is 34.4 Å². The molecule has 1 atom stereocenters. The first kappa shape index (κ1) is 17.2. The van der Waals surface area contributed by atoms with Crippen LogP contribution in [0.3, 0.4) is 0 Å². The zero-order chi connectivity index (χ0) is 15.8. The predicted octanol–water partition coefficient (Wildman–Crippen LogP) is 2.40. The Morgan fingerprint density at radius 2 is 2.14 bits per heavy atom. The highest BCUT2D eigenvalue weighted by atomic mass is 32.1. The van der Waals surface area contributed by atoms with Crippen LogP contribution in [0, 0.1) is 5.92 Å². The second-order valence-electron chi connectivity index (χ2n) is 5.46. The molecular formula is C15H26N4O2S. The molecule has 2 amide bonds. The molecule has 1 aliphatic rings. The second-order valence-corrected chi connectivity index (χ2v) is 6.36. The molecule has 7 heteroatoms. The molecule has 1 aromatic heterocycles. The van der Waals surface area contributed by atoms with Gasteiger partial charge in [-0.2, -0.15) is 0 Å². The first-order chi connectivity index (χ1) is 10.7. The number of carbonyl (C=O) groups excluding carboxylic acids is 1. The molecule has 6 nitrogen and oxygen atoms in total. The molecule has 0 saturated carbocycles. The highest BCUT2D eigenvalue weighted by Gasteiger charge is 2.27. The average Bonchev–Trinajstić information content (AvgIpc) is 3.05. The van der Waals surface area contributed by atoms with Crippen molar-refractivity contribution in [1.29, 1.82) is 0 Å². The molecule has 124 valence electrons. The summed E-state index contributed by atoms with van der Waals surface area (Å²) in [4.78, 5) is 18.5. The van der Waals surface area contributed by atoms with Crippen LogP contribution in [0.1, 0.15) is 26.7 Å². The van der Waals surface area contributed by atoms with Gasteiger partial charge in [-0.05, 0) is 5.92 Å². The van der Waals surface area contributed by atoms with Crippen LogP contribution in [0.4, 0.5) is 9.93 Å². The van der Waals surface area contributed by atoms with E-state index >= 15 is 0 Å². The highest BCUT2D eigenvalue weighted by Crippen LogP contribution is 2.19. The Bertz CT molecular complexity index is 431. The number of aromatic nitrogens is 1. The summed E-state index contributed by atoms with van der Waals surface area (Å²) >= 11 is 1.42. The molecule has 22 heavy (non-hydrogen) atoms. The van der Waals surface area contributed by atoms with E-state index < -0.39 is 0 Å². The lowest BCUT2D eigenvalue weighted by atomic mass is 9.92. The van der Waals surface area contributed by atoms with Crippen LogP contribution in [-0.2, 0) is 4.74 Å². The summed E-state index contributed by atoms with van der Waals surface area (Å²) in [5.74, 6) is 0.582. The maximum Gasteiger partial charge on any atom is 0.321 e. The maximum atomic E-state index is 12.0. The third-order valence-corrected chi connectivity index (χ3v) is 4.92. The normalized spacial score (nSPS) is 17.4. The van der Waals surface area contributed by atoms with Gasteiger partial charge in [0, 0.05) is 37.3 Å². The van der Waals surface area contributed by atoms with E-state index in [1.165, 1.54) is 11.3 Å². The van der Waals surface area contributed by atoms with E-state index in [1.807, 2.05) is 5.38 Å². The van der Waals surface area contributed by atoms with E-state index in [-0.39, 0.29) is 6.03 Å². The van der Waals surface area contributed by atoms with E-state index in [0.717, 1.165) is 39.1 Å². The number of ether oxygens (including phenoxy) is 1. The molecule has 0 aromatic carbocycles. The molecular weight excluding hydrogens is 300 g/mol. The Balaban J connectivity index is 1.89. The summed E-state index contributed by atoms with van der Waals surface area (Å²) in [7, 11) is 0. The molecule has 0 spiro atoms. The smallest absolute Gasteiger partial charge is 0.321 e. The minimum absolute atomic E-state index is 0.181. The van der Waals surface area contributed by atoms with Gasteiger partial charge in [0.2, 0.25) is 0 Å². The molecule has 1 fully saturated rings. The SMILES string of the molecule is CCC(CC)C(CNC(=O)Nc1nccs1)N1CCOCC1. The number of carbonyl (C=O) groups is 1. The Labute approximate surface area is 136 Å². The van der Waals surface area contributed by atoms with Gasteiger partial charge in [0.05, 0.1) is 13.2 Å².